The van der Waals surface area contributed by atoms with Gasteiger partial charge in [-0.3, -0.25) is 4.79 Å². The summed E-state index contributed by atoms with van der Waals surface area (Å²) in [5, 5.41) is 8.64. The molecule has 4 nitrogen and oxygen atoms in total. The van der Waals surface area contributed by atoms with Crippen LogP contribution < -0.4 is 5.73 Å². The van der Waals surface area contributed by atoms with E-state index in [9.17, 15) is 4.79 Å². The van der Waals surface area contributed by atoms with Crippen LogP contribution in [0.15, 0.2) is 16.5 Å². The van der Waals surface area contributed by atoms with E-state index < -0.39 is 12.0 Å². The SMILES string of the molecule is CCC(C)c1ccc(CC(N)C(=O)O)o1. The van der Waals surface area contributed by atoms with E-state index in [4.69, 9.17) is 15.3 Å². The first kappa shape index (κ1) is 11.8. The van der Waals surface area contributed by atoms with Crippen molar-refractivity contribution in [3.63, 3.8) is 0 Å². The van der Waals surface area contributed by atoms with Gasteiger partial charge in [-0.2, -0.15) is 0 Å². The van der Waals surface area contributed by atoms with Gasteiger partial charge in [0.15, 0.2) is 0 Å². The Hall–Kier alpha value is -1.29. The average Bonchev–Trinajstić information content (AvgIpc) is 2.65. The minimum absolute atomic E-state index is 0.242. The molecular weight excluding hydrogens is 194 g/mol. The summed E-state index contributed by atoms with van der Waals surface area (Å²) in [6.07, 6.45) is 1.24. The van der Waals surface area contributed by atoms with E-state index in [2.05, 4.69) is 13.8 Å². The van der Waals surface area contributed by atoms with Crippen LogP contribution in [0.3, 0.4) is 0 Å². The molecule has 0 amide bonds. The molecule has 0 radical (unpaired) electrons. The molecule has 0 aliphatic carbocycles. The minimum atomic E-state index is -1.00. The van der Waals surface area contributed by atoms with Gasteiger partial charge in [-0.1, -0.05) is 13.8 Å². The second-order valence-corrected chi connectivity index (χ2v) is 3.76. The molecule has 1 rings (SSSR count). The predicted molar refractivity (Wildman–Crippen MR) is 56.7 cm³/mol. The Bertz CT molecular complexity index is 332. The first-order valence-electron chi connectivity index (χ1n) is 5.11. The molecule has 0 aromatic carbocycles. The van der Waals surface area contributed by atoms with Crippen molar-refractivity contribution in [3.8, 4) is 0 Å². The second kappa shape index (κ2) is 4.98. The van der Waals surface area contributed by atoms with Crippen LogP contribution in [-0.2, 0) is 11.2 Å². The van der Waals surface area contributed by atoms with Crippen molar-refractivity contribution in [2.45, 2.75) is 38.6 Å². The van der Waals surface area contributed by atoms with Gasteiger partial charge in [-0.15, -0.1) is 0 Å². The number of carboxylic acids is 1. The van der Waals surface area contributed by atoms with Gasteiger partial charge >= 0.3 is 5.97 Å². The van der Waals surface area contributed by atoms with Crippen molar-refractivity contribution in [1.82, 2.24) is 0 Å². The van der Waals surface area contributed by atoms with Gasteiger partial charge in [0.1, 0.15) is 17.6 Å². The van der Waals surface area contributed by atoms with E-state index >= 15 is 0 Å². The van der Waals surface area contributed by atoms with Crippen LogP contribution in [0.1, 0.15) is 37.7 Å². The molecule has 1 heterocycles. The summed E-state index contributed by atoms with van der Waals surface area (Å²) in [5.74, 6) is 0.890. The number of rotatable bonds is 5. The van der Waals surface area contributed by atoms with Crippen LogP contribution in [0.25, 0.3) is 0 Å². The van der Waals surface area contributed by atoms with Gasteiger partial charge in [0.2, 0.25) is 0 Å². The quantitative estimate of drug-likeness (QED) is 0.777. The van der Waals surface area contributed by atoms with Crippen LogP contribution in [0.5, 0.6) is 0 Å². The highest BCUT2D eigenvalue weighted by Gasteiger charge is 2.15. The molecule has 0 saturated heterocycles. The van der Waals surface area contributed by atoms with E-state index in [1.165, 1.54) is 0 Å². The molecule has 1 aromatic heterocycles. The van der Waals surface area contributed by atoms with Crippen molar-refractivity contribution < 1.29 is 14.3 Å². The Morgan fingerprint density at radius 2 is 2.27 bits per heavy atom. The summed E-state index contributed by atoms with van der Waals surface area (Å²) >= 11 is 0. The Morgan fingerprint density at radius 1 is 1.60 bits per heavy atom. The number of carboxylic acid groups (broad SMARTS) is 1. The zero-order valence-corrected chi connectivity index (χ0v) is 9.06. The summed E-state index contributed by atoms with van der Waals surface area (Å²) in [7, 11) is 0. The molecule has 15 heavy (non-hydrogen) atoms. The van der Waals surface area contributed by atoms with Crippen LogP contribution in [-0.4, -0.2) is 17.1 Å². The molecule has 0 spiro atoms. The molecular formula is C11H17NO3. The second-order valence-electron chi connectivity index (χ2n) is 3.76. The molecule has 0 fully saturated rings. The van der Waals surface area contributed by atoms with Gasteiger partial charge in [-0.25, -0.2) is 0 Å². The van der Waals surface area contributed by atoms with Crippen molar-refractivity contribution >= 4 is 5.97 Å². The topological polar surface area (TPSA) is 76.5 Å². The number of carbonyl (C=O) groups is 1. The van der Waals surface area contributed by atoms with E-state index in [-0.39, 0.29) is 6.42 Å². The smallest absolute Gasteiger partial charge is 0.320 e. The molecule has 0 saturated carbocycles. The minimum Gasteiger partial charge on any atom is -0.480 e. The molecule has 0 aliphatic rings. The molecule has 2 unspecified atom stereocenters. The number of hydrogen-bond donors (Lipinski definition) is 2. The third kappa shape index (κ3) is 3.09. The zero-order valence-electron chi connectivity index (χ0n) is 9.06. The molecule has 1 aromatic rings. The summed E-state index contributed by atoms with van der Waals surface area (Å²) < 4.78 is 5.51. The van der Waals surface area contributed by atoms with Gasteiger partial charge in [0.25, 0.3) is 0 Å². The standard InChI is InChI=1S/C11H17NO3/c1-3-7(2)10-5-4-8(15-10)6-9(12)11(13)14/h4-5,7,9H,3,6,12H2,1-2H3,(H,13,14). The normalized spacial score (nSPS) is 14.9. The Morgan fingerprint density at radius 3 is 2.80 bits per heavy atom. The average molecular weight is 211 g/mol. The summed E-state index contributed by atoms with van der Waals surface area (Å²) in [4.78, 5) is 10.5. The lowest BCUT2D eigenvalue weighted by Gasteiger charge is -2.05. The van der Waals surface area contributed by atoms with Gasteiger partial charge < -0.3 is 15.3 Å². The lowest BCUT2D eigenvalue weighted by Crippen LogP contribution is -2.32. The highest BCUT2D eigenvalue weighted by Crippen LogP contribution is 2.21. The van der Waals surface area contributed by atoms with Crippen LogP contribution >= 0.6 is 0 Å². The fourth-order valence-electron chi connectivity index (χ4n) is 1.27. The molecule has 0 aliphatic heterocycles. The monoisotopic (exact) mass is 211 g/mol. The molecule has 0 bridgehead atoms. The van der Waals surface area contributed by atoms with Crippen molar-refractivity contribution in [2.24, 2.45) is 5.73 Å². The first-order chi connectivity index (χ1) is 7.04. The Kier molecular flexibility index (Phi) is 3.91. The van der Waals surface area contributed by atoms with E-state index in [1.807, 2.05) is 6.07 Å². The summed E-state index contributed by atoms with van der Waals surface area (Å²) in [6.45, 7) is 4.15. The number of furan rings is 1. The van der Waals surface area contributed by atoms with E-state index in [0.717, 1.165) is 12.2 Å². The van der Waals surface area contributed by atoms with Crippen molar-refractivity contribution in [1.29, 1.82) is 0 Å². The molecule has 84 valence electrons. The highest BCUT2D eigenvalue weighted by molar-refractivity contribution is 5.73. The van der Waals surface area contributed by atoms with Crippen LogP contribution in [0.4, 0.5) is 0 Å². The lowest BCUT2D eigenvalue weighted by molar-refractivity contribution is -0.138. The van der Waals surface area contributed by atoms with Gasteiger partial charge in [0.05, 0.1) is 0 Å². The molecule has 2 atom stereocenters. The van der Waals surface area contributed by atoms with Crippen molar-refractivity contribution in [3.05, 3.63) is 23.7 Å². The predicted octanol–water partition coefficient (Wildman–Crippen LogP) is 1.75. The molecule has 4 heteroatoms. The van der Waals surface area contributed by atoms with Gasteiger partial charge in [-0.05, 0) is 18.6 Å². The maximum Gasteiger partial charge on any atom is 0.320 e. The van der Waals surface area contributed by atoms with E-state index in [1.54, 1.807) is 6.07 Å². The van der Waals surface area contributed by atoms with Crippen molar-refractivity contribution in [2.75, 3.05) is 0 Å². The van der Waals surface area contributed by atoms with E-state index in [0.29, 0.717) is 11.7 Å². The fraction of sp³-hybridized carbons (Fsp3) is 0.545. The number of nitrogens with two attached hydrogens (primary N) is 1. The van der Waals surface area contributed by atoms with Gasteiger partial charge in [0, 0.05) is 12.3 Å². The maximum atomic E-state index is 10.5. The fourth-order valence-corrected chi connectivity index (χ4v) is 1.27. The highest BCUT2D eigenvalue weighted by atomic mass is 16.4. The maximum absolute atomic E-state index is 10.5. The Labute approximate surface area is 89.1 Å². The number of aliphatic carboxylic acids is 1. The third-order valence-electron chi connectivity index (χ3n) is 2.52. The number of hydrogen-bond acceptors (Lipinski definition) is 3. The first-order valence-corrected chi connectivity index (χ1v) is 5.11. The largest absolute Gasteiger partial charge is 0.480 e. The summed E-state index contributed by atoms with van der Waals surface area (Å²) in [5.41, 5.74) is 5.41. The van der Waals surface area contributed by atoms with Crippen LogP contribution in [0, 0.1) is 0 Å². The lowest BCUT2D eigenvalue weighted by atomic mass is 10.1. The zero-order chi connectivity index (χ0) is 11.4. The molecule has 3 N–H and O–H groups in total. The summed E-state index contributed by atoms with van der Waals surface area (Å²) in [6, 6.07) is 2.79. The Balaban J connectivity index is 2.64. The van der Waals surface area contributed by atoms with Crippen LogP contribution in [0.2, 0.25) is 0 Å². The third-order valence-corrected chi connectivity index (χ3v) is 2.52.